The number of hydrogen-bond donors (Lipinski definition) is 2. The van der Waals surface area contributed by atoms with Crippen molar-refractivity contribution in [2.45, 2.75) is 46.6 Å². The molecule has 1 heterocycles. The fraction of sp³-hybridized carbons (Fsp3) is 0.450. The summed E-state index contributed by atoms with van der Waals surface area (Å²) in [5, 5.41) is 13.1. The van der Waals surface area contributed by atoms with Gasteiger partial charge in [0.05, 0.1) is 17.9 Å². The molecule has 0 bridgehead atoms. The van der Waals surface area contributed by atoms with Crippen molar-refractivity contribution in [3.05, 3.63) is 52.9 Å². The van der Waals surface area contributed by atoms with Gasteiger partial charge >= 0.3 is 0 Å². The highest BCUT2D eigenvalue weighted by atomic mass is 16.3. The lowest BCUT2D eigenvalue weighted by molar-refractivity contribution is 0.0954. The Bertz CT molecular complexity index is 671. The van der Waals surface area contributed by atoms with Crippen molar-refractivity contribution in [1.82, 2.24) is 10.4 Å². The number of aliphatic hydroxyl groups is 1. The Morgan fingerprint density at radius 3 is 2.84 bits per heavy atom. The lowest BCUT2D eigenvalue weighted by Crippen LogP contribution is -2.22. The number of hydrogen-bond acceptors (Lipinski definition) is 4. The molecule has 25 heavy (non-hydrogen) atoms. The van der Waals surface area contributed by atoms with E-state index in [1.165, 1.54) is 17.3 Å². The first kappa shape index (κ1) is 19.1. The number of hydrazone groups is 1. The van der Waals surface area contributed by atoms with E-state index >= 15 is 0 Å². The van der Waals surface area contributed by atoms with Crippen LogP contribution < -0.4 is 5.43 Å². The topological polar surface area (TPSA) is 74.6 Å². The molecule has 1 aromatic rings. The Hall–Kier alpha value is -2.27. The van der Waals surface area contributed by atoms with E-state index in [4.69, 9.17) is 5.11 Å². The highest BCUT2D eigenvalue weighted by Crippen LogP contribution is 2.30. The summed E-state index contributed by atoms with van der Waals surface area (Å²) in [6, 6.07) is 3.26. The van der Waals surface area contributed by atoms with Gasteiger partial charge < -0.3 is 5.11 Å². The van der Waals surface area contributed by atoms with Crippen molar-refractivity contribution in [2.75, 3.05) is 0 Å². The maximum absolute atomic E-state index is 12.0. The molecule has 1 aliphatic rings. The van der Waals surface area contributed by atoms with Crippen LogP contribution >= 0.6 is 0 Å². The van der Waals surface area contributed by atoms with Crippen LogP contribution in [0.4, 0.5) is 0 Å². The predicted molar refractivity (Wildman–Crippen MR) is 100 cm³/mol. The maximum Gasteiger partial charge on any atom is 0.272 e. The van der Waals surface area contributed by atoms with Gasteiger partial charge in [0.2, 0.25) is 0 Å². The molecule has 1 aliphatic carbocycles. The van der Waals surface area contributed by atoms with E-state index in [1.807, 2.05) is 6.21 Å². The van der Waals surface area contributed by atoms with E-state index in [-0.39, 0.29) is 12.5 Å². The average Bonchev–Trinajstić information content (AvgIpc) is 2.61. The standard InChI is InChI=1S/C20H27N3O2/c1-14(2)4-5-16-6-7-17(15(3)10-16)12-22-23-20(25)18-8-9-19(13-24)21-11-18/h4,6,8-9,11-12,15,17,24H,5,7,10,13H2,1-3H3,(H,23,25)/b22-12+. The van der Waals surface area contributed by atoms with Gasteiger partial charge in [-0.3, -0.25) is 9.78 Å². The van der Waals surface area contributed by atoms with Crippen LogP contribution in [0.2, 0.25) is 0 Å². The van der Waals surface area contributed by atoms with Crippen molar-refractivity contribution >= 4 is 12.1 Å². The highest BCUT2D eigenvalue weighted by Gasteiger charge is 2.20. The predicted octanol–water partition coefficient (Wildman–Crippen LogP) is 3.62. The van der Waals surface area contributed by atoms with Crippen LogP contribution in [0.15, 0.2) is 46.7 Å². The zero-order valence-electron chi connectivity index (χ0n) is 15.2. The summed E-state index contributed by atoms with van der Waals surface area (Å²) in [6.07, 6.45) is 10.9. The molecule has 2 N–H and O–H groups in total. The maximum atomic E-state index is 12.0. The lowest BCUT2D eigenvalue weighted by Gasteiger charge is -2.25. The number of amides is 1. The molecule has 0 saturated carbocycles. The largest absolute Gasteiger partial charge is 0.390 e. The Morgan fingerprint density at radius 2 is 2.24 bits per heavy atom. The fourth-order valence-electron chi connectivity index (χ4n) is 2.80. The Kier molecular flexibility index (Phi) is 7.07. The van der Waals surface area contributed by atoms with E-state index < -0.39 is 0 Å². The van der Waals surface area contributed by atoms with Crippen LogP contribution in [0.3, 0.4) is 0 Å². The molecule has 0 spiro atoms. The molecule has 2 unspecified atom stereocenters. The normalized spacial score (nSPS) is 20.2. The number of aromatic nitrogens is 1. The van der Waals surface area contributed by atoms with Crippen molar-refractivity contribution < 1.29 is 9.90 Å². The van der Waals surface area contributed by atoms with E-state index in [0.29, 0.717) is 23.1 Å². The molecule has 0 radical (unpaired) electrons. The summed E-state index contributed by atoms with van der Waals surface area (Å²) in [7, 11) is 0. The Labute approximate surface area is 149 Å². The smallest absolute Gasteiger partial charge is 0.272 e. The SMILES string of the molecule is CC(C)=CCC1=CCC(/C=N/NC(=O)c2ccc(CO)nc2)C(C)C1. The van der Waals surface area contributed by atoms with Crippen LogP contribution in [0.25, 0.3) is 0 Å². The first-order valence-corrected chi connectivity index (χ1v) is 8.70. The molecule has 0 aromatic carbocycles. The zero-order chi connectivity index (χ0) is 18.2. The third-order valence-corrected chi connectivity index (χ3v) is 4.45. The van der Waals surface area contributed by atoms with Gasteiger partial charge in [-0.2, -0.15) is 5.10 Å². The number of nitrogens with zero attached hydrogens (tertiary/aromatic N) is 2. The minimum Gasteiger partial charge on any atom is -0.390 e. The van der Waals surface area contributed by atoms with E-state index in [0.717, 1.165) is 19.3 Å². The molecule has 0 fully saturated rings. The number of nitrogens with one attached hydrogen (secondary N) is 1. The first-order chi connectivity index (χ1) is 12.0. The summed E-state index contributed by atoms with van der Waals surface area (Å²) in [5.41, 5.74) is 6.35. The highest BCUT2D eigenvalue weighted by molar-refractivity contribution is 5.94. The van der Waals surface area contributed by atoms with E-state index in [2.05, 4.69) is 48.4 Å². The fourth-order valence-corrected chi connectivity index (χ4v) is 2.80. The van der Waals surface area contributed by atoms with Crippen LogP contribution in [-0.2, 0) is 6.61 Å². The second kappa shape index (κ2) is 9.28. The van der Waals surface area contributed by atoms with Gasteiger partial charge in [0, 0.05) is 18.3 Å². The van der Waals surface area contributed by atoms with Gasteiger partial charge in [-0.05, 0) is 51.2 Å². The van der Waals surface area contributed by atoms with Gasteiger partial charge in [0.25, 0.3) is 5.91 Å². The number of aliphatic hydroxyl groups excluding tert-OH is 1. The lowest BCUT2D eigenvalue weighted by atomic mass is 9.80. The second-order valence-electron chi connectivity index (χ2n) is 6.84. The summed E-state index contributed by atoms with van der Waals surface area (Å²) in [4.78, 5) is 16.0. The third-order valence-electron chi connectivity index (χ3n) is 4.45. The number of rotatable bonds is 6. The molecule has 0 aliphatic heterocycles. The minimum absolute atomic E-state index is 0.136. The number of allylic oxidation sites excluding steroid dienone is 4. The second-order valence-corrected chi connectivity index (χ2v) is 6.84. The van der Waals surface area contributed by atoms with Gasteiger partial charge in [-0.15, -0.1) is 0 Å². The van der Waals surface area contributed by atoms with Crippen LogP contribution in [-0.4, -0.2) is 22.2 Å². The molecule has 1 amide bonds. The molecule has 134 valence electrons. The number of carbonyl (C=O) groups is 1. The first-order valence-electron chi connectivity index (χ1n) is 8.70. The molecule has 0 saturated heterocycles. The van der Waals surface area contributed by atoms with E-state index in [9.17, 15) is 4.79 Å². The summed E-state index contributed by atoms with van der Waals surface area (Å²) >= 11 is 0. The third kappa shape index (κ3) is 5.94. The molecular formula is C20H27N3O2. The summed E-state index contributed by atoms with van der Waals surface area (Å²) in [5.74, 6) is 0.554. The Morgan fingerprint density at radius 1 is 1.44 bits per heavy atom. The van der Waals surface area contributed by atoms with Gasteiger partial charge in [0.15, 0.2) is 0 Å². The van der Waals surface area contributed by atoms with Crippen molar-refractivity contribution in [3.8, 4) is 0 Å². The molecule has 1 aromatic heterocycles. The van der Waals surface area contributed by atoms with Gasteiger partial charge in [0.1, 0.15) is 0 Å². The monoisotopic (exact) mass is 341 g/mol. The van der Waals surface area contributed by atoms with Crippen LogP contribution in [0.1, 0.15) is 56.1 Å². The number of carbonyl (C=O) groups excluding carboxylic acids is 1. The molecule has 5 nitrogen and oxygen atoms in total. The number of pyridine rings is 1. The molecular weight excluding hydrogens is 314 g/mol. The van der Waals surface area contributed by atoms with Gasteiger partial charge in [-0.1, -0.05) is 30.2 Å². The van der Waals surface area contributed by atoms with Crippen molar-refractivity contribution in [3.63, 3.8) is 0 Å². The van der Waals surface area contributed by atoms with E-state index in [1.54, 1.807) is 12.1 Å². The Balaban J connectivity index is 1.87. The molecule has 5 heteroatoms. The van der Waals surface area contributed by atoms with Gasteiger partial charge in [-0.25, -0.2) is 5.43 Å². The van der Waals surface area contributed by atoms with Crippen LogP contribution in [0.5, 0.6) is 0 Å². The quantitative estimate of drug-likeness (QED) is 0.471. The molecule has 2 atom stereocenters. The van der Waals surface area contributed by atoms with Crippen molar-refractivity contribution in [2.24, 2.45) is 16.9 Å². The minimum atomic E-state index is -0.295. The average molecular weight is 341 g/mol. The zero-order valence-corrected chi connectivity index (χ0v) is 15.2. The molecule has 2 rings (SSSR count). The summed E-state index contributed by atoms with van der Waals surface area (Å²) in [6.45, 7) is 6.34. The van der Waals surface area contributed by atoms with Crippen LogP contribution in [0, 0.1) is 11.8 Å². The summed E-state index contributed by atoms with van der Waals surface area (Å²) < 4.78 is 0. The van der Waals surface area contributed by atoms with Crippen molar-refractivity contribution in [1.29, 1.82) is 0 Å².